The Morgan fingerprint density at radius 2 is 1.98 bits per heavy atom. The van der Waals surface area contributed by atoms with Gasteiger partial charge in [0, 0.05) is 13.1 Å². The van der Waals surface area contributed by atoms with E-state index in [-0.39, 0.29) is 46.9 Å². The van der Waals surface area contributed by atoms with E-state index in [2.05, 4.69) is 15.6 Å². The molecule has 0 radical (unpaired) electrons. The Balaban J connectivity index is 1.64. The Bertz CT molecular complexity index is 1560. The first-order chi connectivity index (χ1) is 20.0. The van der Waals surface area contributed by atoms with Crippen molar-refractivity contribution < 1.29 is 31.9 Å². The second-order valence-corrected chi connectivity index (χ2v) is 12.8. The first-order valence-electron chi connectivity index (χ1n) is 12.9. The summed E-state index contributed by atoms with van der Waals surface area (Å²) in [7, 11) is -2.93. The minimum atomic E-state index is -4.44. The molecule has 224 valence electrons. The topological polar surface area (TPSA) is 130 Å². The van der Waals surface area contributed by atoms with Crippen LogP contribution in [0.1, 0.15) is 29.9 Å². The molecule has 1 fully saturated rings. The maximum atomic E-state index is 15.2. The van der Waals surface area contributed by atoms with E-state index in [0.717, 1.165) is 21.7 Å². The average Bonchev–Trinajstić information content (AvgIpc) is 3.60. The smallest absolute Gasteiger partial charge is 0.360 e. The molecular weight excluding hydrogens is 606 g/mol. The summed E-state index contributed by atoms with van der Waals surface area (Å²) < 4.78 is 54.7. The number of nitrogens with zero attached hydrogens (tertiary/aromatic N) is 3. The summed E-state index contributed by atoms with van der Waals surface area (Å²) >= 11 is 6.07. The number of thiocarbonyl (C=S) groups is 1. The lowest BCUT2D eigenvalue weighted by Crippen LogP contribution is -2.35. The summed E-state index contributed by atoms with van der Waals surface area (Å²) in [5.41, 5.74) is 1.57. The monoisotopic (exact) mass is 635 g/mol. The molecule has 15 heteroatoms. The SMILES string of the molecule is COc1ccc(CN(c2scnc2C(=O)OCC(C)C)S(=O)(=O)c2ccc(NC(=O)CN3CCNC3=S)c(F)c2)cc1. The molecule has 1 aliphatic rings. The number of hydrogen-bond acceptors (Lipinski definition) is 9. The minimum Gasteiger partial charge on any atom is -0.497 e. The Kier molecular flexibility index (Phi) is 9.96. The van der Waals surface area contributed by atoms with Gasteiger partial charge in [0.1, 0.15) is 16.6 Å². The number of benzene rings is 2. The minimum absolute atomic E-state index is 0.0209. The number of hydrogen-bond donors (Lipinski definition) is 2. The maximum Gasteiger partial charge on any atom is 0.360 e. The van der Waals surface area contributed by atoms with E-state index in [4.69, 9.17) is 21.7 Å². The van der Waals surface area contributed by atoms with Gasteiger partial charge in [-0.05, 0) is 54.0 Å². The molecule has 0 unspecified atom stereocenters. The number of aromatic nitrogens is 1. The van der Waals surface area contributed by atoms with Crippen LogP contribution in [0.2, 0.25) is 0 Å². The van der Waals surface area contributed by atoms with Gasteiger partial charge < -0.3 is 25.0 Å². The van der Waals surface area contributed by atoms with Gasteiger partial charge in [-0.1, -0.05) is 26.0 Å². The lowest BCUT2D eigenvalue weighted by atomic mass is 10.2. The largest absolute Gasteiger partial charge is 0.497 e. The van der Waals surface area contributed by atoms with Gasteiger partial charge in [0.15, 0.2) is 10.8 Å². The normalized spacial score (nSPS) is 13.2. The van der Waals surface area contributed by atoms with Crippen molar-refractivity contribution in [2.24, 2.45) is 5.92 Å². The van der Waals surface area contributed by atoms with Gasteiger partial charge in [0.2, 0.25) is 5.91 Å². The molecule has 0 atom stereocenters. The molecular formula is C27H30FN5O6S3. The third-order valence-electron chi connectivity index (χ3n) is 6.08. The second-order valence-electron chi connectivity index (χ2n) is 9.70. The highest BCUT2D eigenvalue weighted by Crippen LogP contribution is 2.34. The van der Waals surface area contributed by atoms with Crippen LogP contribution in [0.3, 0.4) is 0 Å². The van der Waals surface area contributed by atoms with Gasteiger partial charge >= 0.3 is 5.97 Å². The van der Waals surface area contributed by atoms with E-state index < -0.39 is 27.7 Å². The number of ether oxygens (including phenoxy) is 2. The lowest BCUT2D eigenvalue weighted by Gasteiger charge is -2.24. The number of esters is 1. The standard InChI is InChI=1S/C27H30FN5O6S3/c1-17(2)15-39-26(35)24-25(41-16-30-24)33(13-18-4-6-19(38-3)7-5-18)42(36,37)20-8-9-22(21(28)12-20)31-23(34)14-32-11-10-29-27(32)40/h4-9,12,16-17H,10-11,13-15H2,1-3H3,(H,29,40)(H,31,34). The van der Waals surface area contributed by atoms with E-state index in [1.165, 1.54) is 24.8 Å². The molecule has 1 aliphatic heterocycles. The quantitative estimate of drug-likeness (QED) is 0.225. The molecule has 2 heterocycles. The summed E-state index contributed by atoms with van der Waals surface area (Å²) in [6.07, 6.45) is 0. The zero-order chi connectivity index (χ0) is 30.4. The maximum absolute atomic E-state index is 15.2. The Morgan fingerprint density at radius 1 is 1.24 bits per heavy atom. The molecule has 1 aromatic heterocycles. The molecule has 42 heavy (non-hydrogen) atoms. The van der Waals surface area contributed by atoms with Gasteiger partial charge in [-0.15, -0.1) is 11.3 Å². The molecule has 1 saturated heterocycles. The van der Waals surface area contributed by atoms with Crippen LogP contribution in [0.5, 0.6) is 5.75 Å². The van der Waals surface area contributed by atoms with Crippen molar-refractivity contribution in [1.29, 1.82) is 0 Å². The van der Waals surface area contributed by atoms with E-state index >= 15 is 4.39 Å². The van der Waals surface area contributed by atoms with Crippen molar-refractivity contribution >= 4 is 61.3 Å². The van der Waals surface area contributed by atoms with E-state index in [1.807, 2.05) is 13.8 Å². The summed E-state index contributed by atoms with van der Waals surface area (Å²) in [5.74, 6) is -1.60. The van der Waals surface area contributed by atoms with Crippen LogP contribution < -0.4 is 19.7 Å². The predicted octanol–water partition coefficient (Wildman–Crippen LogP) is 3.63. The van der Waals surface area contributed by atoms with Crippen LogP contribution in [0.4, 0.5) is 15.1 Å². The number of thiazole rings is 1. The van der Waals surface area contributed by atoms with Crippen molar-refractivity contribution in [1.82, 2.24) is 15.2 Å². The molecule has 2 aromatic carbocycles. The van der Waals surface area contributed by atoms with Crippen molar-refractivity contribution in [3.63, 3.8) is 0 Å². The van der Waals surface area contributed by atoms with Crippen LogP contribution in [0.25, 0.3) is 0 Å². The van der Waals surface area contributed by atoms with E-state index in [0.29, 0.717) is 29.5 Å². The van der Waals surface area contributed by atoms with Crippen LogP contribution in [-0.4, -0.2) is 68.6 Å². The number of methoxy groups -OCH3 is 1. The number of amides is 1. The first-order valence-corrected chi connectivity index (χ1v) is 15.6. The van der Waals surface area contributed by atoms with E-state index in [9.17, 15) is 18.0 Å². The number of carbonyl (C=O) groups is 2. The zero-order valence-corrected chi connectivity index (χ0v) is 25.6. The Labute approximate surface area is 252 Å². The highest BCUT2D eigenvalue weighted by molar-refractivity contribution is 7.93. The highest BCUT2D eigenvalue weighted by atomic mass is 32.2. The van der Waals surface area contributed by atoms with E-state index in [1.54, 1.807) is 29.2 Å². The van der Waals surface area contributed by atoms with Crippen molar-refractivity contribution in [2.75, 3.05) is 43.0 Å². The summed E-state index contributed by atoms with van der Waals surface area (Å²) in [5, 5.41) is 5.84. The van der Waals surface area contributed by atoms with Gasteiger partial charge in [-0.3, -0.25) is 9.10 Å². The molecule has 0 aliphatic carbocycles. The second kappa shape index (κ2) is 13.4. The van der Waals surface area contributed by atoms with Crippen molar-refractivity contribution in [3.8, 4) is 5.75 Å². The average molecular weight is 636 g/mol. The van der Waals surface area contributed by atoms with Crippen molar-refractivity contribution in [3.05, 3.63) is 65.0 Å². The van der Waals surface area contributed by atoms with Gasteiger partial charge in [0.25, 0.3) is 10.0 Å². The Hall–Kier alpha value is -3.82. The van der Waals surface area contributed by atoms with Crippen LogP contribution >= 0.6 is 23.6 Å². The van der Waals surface area contributed by atoms with Crippen LogP contribution in [-0.2, 0) is 26.1 Å². The molecule has 2 N–H and O–H groups in total. The fourth-order valence-electron chi connectivity index (χ4n) is 3.94. The third-order valence-corrected chi connectivity index (χ3v) is 9.19. The molecule has 11 nitrogen and oxygen atoms in total. The fraction of sp³-hybridized carbons (Fsp3) is 0.333. The fourth-order valence-corrected chi connectivity index (χ4v) is 6.68. The molecule has 1 amide bonds. The first kappa shape index (κ1) is 31.1. The number of rotatable bonds is 12. The van der Waals surface area contributed by atoms with Gasteiger partial charge in [-0.2, -0.15) is 0 Å². The molecule has 0 saturated carbocycles. The number of anilines is 2. The number of nitrogens with one attached hydrogen (secondary N) is 2. The molecule has 4 rings (SSSR count). The van der Waals surface area contributed by atoms with Gasteiger partial charge in [-0.25, -0.2) is 22.6 Å². The summed E-state index contributed by atoms with van der Waals surface area (Å²) in [6.45, 7) is 4.74. The van der Waals surface area contributed by atoms with Gasteiger partial charge in [0.05, 0.1) is 42.9 Å². The number of sulfonamides is 1. The van der Waals surface area contributed by atoms with Crippen LogP contribution in [0, 0.1) is 11.7 Å². The van der Waals surface area contributed by atoms with Crippen molar-refractivity contribution in [2.45, 2.75) is 25.3 Å². The molecule has 0 spiro atoms. The zero-order valence-electron chi connectivity index (χ0n) is 23.1. The molecule has 3 aromatic rings. The third kappa shape index (κ3) is 7.33. The van der Waals surface area contributed by atoms with Crippen LogP contribution in [0.15, 0.2) is 52.9 Å². The Morgan fingerprint density at radius 3 is 2.60 bits per heavy atom. The number of carbonyl (C=O) groups excluding carboxylic acids is 2. The summed E-state index contributed by atoms with van der Waals surface area (Å²) in [6, 6.07) is 9.90. The number of halogens is 1. The highest BCUT2D eigenvalue weighted by Gasteiger charge is 2.32. The predicted molar refractivity (Wildman–Crippen MR) is 161 cm³/mol. The molecule has 0 bridgehead atoms. The summed E-state index contributed by atoms with van der Waals surface area (Å²) in [4.78, 5) is 30.6. The lowest BCUT2D eigenvalue weighted by molar-refractivity contribution is -0.116.